The van der Waals surface area contributed by atoms with E-state index in [-0.39, 0.29) is 0 Å². The molecule has 1 nitrogen and oxygen atoms in total. The Bertz CT molecular complexity index is 678. The summed E-state index contributed by atoms with van der Waals surface area (Å²) >= 11 is 0. The van der Waals surface area contributed by atoms with Crippen LogP contribution in [0.15, 0.2) is 53.5 Å². The molecule has 0 atom stereocenters. The van der Waals surface area contributed by atoms with Gasteiger partial charge in [0, 0.05) is 6.21 Å². The van der Waals surface area contributed by atoms with Crippen molar-refractivity contribution in [2.24, 2.45) is 4.99 Å². The Morgan fingerprint density at radius 1 is 1.00 bits per heavy atom. The summed E-state index contributed by atoms with van der Waals surface area (Å²) < 4.78 is 0. The van der Waals surface area contributed by atoms with E-state index < -0.39 is 0 Å². The normalized spacial score (nSPS) is 13.7. The van der Waals surface area contributed by atoms with Crippen LogP contribution in [0.1, 0.15) is 22.3 Å². The predicted molar refractivity (Wildman–Crippen MR) is 82.2 cm³/mol. The number of hydrogen-bond acceptors (Lipinski definition) is 1. The summed E-state index contributed by atoms with van der Waals surface area (Å²) in [6, 6.07) is 14.9. The molecular weight excluding hydrogens is 230 g/mol. The fourth-order valence-electron chi connectivity index (χ4n) is 2.38. The number of allylic oxidation sites excluding steroid dienone is 2. The average molecular weight is 247 g/mol. The van der Waals surface area contributed by atoms with Gasteiger partial charge in [-0.2, -0.15) is 0 Å². The van der Waals surface area contributed by atoms with Crippen LogP contribution in [0.25, 0.3) is 5.57 Å². The zero-order chi connectivity index (χ0) is 13.2. The lowest BCUT2D eigenvalue weighted by Gasteiger charge is -2.02. The standard InChI is InChI=1S/C18H17N/c1-13-7-10-17(11-14(13)2)19-12-16-9-8-15-5-3-4-6-18(15)16/h3-7,9-12H,8H2,1-2H3. The molecule has 0 unspecified atom stereocenters. The minimum Gasteiger partial charge on any atom is -0.256 e. The van der Waals surface area contributed by atoms with Crippen LogP contribution in [0.2, 0.25) is 0 Å². The minimum absolute atomic E-state index is 1.02. The predicted octanol–water partition coefficient (Wildman–Crippen LogP) is 4.65. The SMILES string of the molecule is Cc1ccc(N=CC2=CCc3ccccc32)cc1C. The number of aliphatic imine (C=N–C) groups is 1. The number of rotatable bonds is 2. The van der Waals surface area contributed by atoms with Crippen molar-refractivity contribution in [3.8, 4) is 0 Å². The van der Waals surface area contributed by atoms with Crippen LogP contribution in [0.4, 0.5) is 5.69 Å². The van der Waals surface area contributed by atoms with E-state index in [2.05, 4.69) is 67.4 Å². The molecule has 0 bridgehead atoms. The van der Waals surface area contributed by atoms with Crippen LogP contribution in [-0.4, -0.2) is 6.21 Å². The molecule has 3 rings (SSSR count). The van der Waals surface area contributed by atoms with E-state index >= 15 is 0 Å². The fourth-order valence-corrected chi connectivity index (χ4v) is 2.38. The molecule has 94 valence electrons. The largest absolute Gasteiger partial charge is 0.256 e. The summed E-state index contributed by atoms with van der Waals surface area (Å²) in [7, 11) is 0. The summed E-state index contributed by atoms with van der Waals surface area (Å²) in [6.07, 6.45) is 5.25. The lowest BCUT2D eigenvalue weighted by atomic mass is 10.1. The van der Waals surface area contributed by atoms with Crippen LogP contribution < -0.4 is 0 Å². The average Bonchev–Trinajstić information content (AvgIpc) is 2.83. The third-order valence-corrected chi connectivity index (χ3v) is 3.71. The van der Waals surface area contributed by atoms with Crippen molar-refractivity contribution in [3.05, 3.63) is 70.8 Å². The van der Waals surface area contributed by atoms with Crippen LogP contribution in [0.5, 0.6) is 0 Å². The second kappa shape index (κ2) is 4.85. The first-order chi connectivity index (χ1) is 9.24. The highest BCUT2D eigenvalue weighted by Gasteiger charge is 2.10. The molecule has 0 aliphatic heterocycles. The van der Waals surface area contributed by atoms with Crippen molar-refractivity contribution in [1.82, 2.24) is 0 Å². The maximum atomic E-state index is 4.60. The molecule has 1 aliphatic rings. The van der Waals surface area contributed by atoms with Gasteiger partial charge in [-0.3, -0.25) is 4.99 Å². The maximum Gasteiger partial charge on any atom is 0.0632 e. The topological polar surface area (TPSA) is 12.4 Å². The van der Waals surface area contributed by atoms with E-state index in [1.807, 2.05) is 6.21 Å². The van der Waals surface area contributed by atoms with Crippen LogP contribution in [0.3, 0.4) is 0 Å². The number of benzene rings is 2. The molecule has 0 saturated heterocycles. The molecule has 0 saturated carbocycles. The second-order valence-corrected chi connectivity index (χ2v) is 5.05. The first-order valence-corrected chi connectivity index (χ1v) is 6.64. The van der Waals surface area contributed by atoms with Gasteiger partial charge in [0.15, 0.2) is 0 Å². The van der Waals surface area contributed by atoms with Gasteiger partial charge in [-0.05, 0) is 60.2 Å². The summed E-state index contributed by atoms with van der Waals surface area (Å²) in [5.41, 5.74) is 7.56. The first kappa shape index (κ1) is 11.9. The zero-order valence-corrected chi connectivity index (χ0v) is 11.4. The van der Waals surface area contributed by atoms with Crippen molar-refractivity contribution >= 4 is 17.5 Å². The smallest absolute Gasteiger partial charge is 0.0632 e. The highest BCUT2D eigenvalue weighted by molar-refractivity contribution is 6.12. The number of nitrogens with zero attached hydrogens (tertiary/aromatic N) is 1. The molecule has 1 heteroatoms. The molecule has 0 spiro atoms. The first-order valence-electron chi connectivity index (χ1n) is 6.64. The van der Waals surface area contributed by atoms with E-state index in [0.29, 0.717) is 0 Å². The van der Waals surface area contributed by atoms with Gasteiger partial charge < -0.3 is 0 Å². The quantitative estimate of drug-likeness (QED) is 0.685. The Kier molecular flexibility index (Phi) is 3.04. The Labute approximate surface area is 114 Å². The second-order valence-electron chi connectivity index (χ2n) is 5.05. The van der Waals surface area contributed by atoms with Gasteiger partial charge in [-0.1, -0.05) is 36.4 Å². The highest BCUT2D eigenvalue weighted by atomic mass is 14.7. The van der Waals surface area contributed by atoms with Crippen molar-refractivity contribution in [2.75, 3.05) is 0 Å². The molecule has 0 radical (unpaired) electrons. The van der Waals surface area contributed by atoms with Gasteiger partial charge in [-0.15, -0.1) is 0 Å². The molecule has 0 N–H and O–H groups in total. The van der Waals surface area contributed by atoms with Crippen LogP contribution in [-0.2, 0) is 6.42 Å². The van der Waals surface area contributed by atoms with Gasteiger partial charge in [0.2, 0.25) is 0 Å². The number of hydrogen-bond donors (Lipinski definition) is 0. The van der Waals surface area contributed by atoms with E-state index in [9.17, 15) is 0 Å². The highest BCUT2D eigenvalue weighted by Crippen LogP contribution is 2.26. The lowest BCUT2D eigenvalue weighted by molar-refractivity contribution is 1.31. The molecule has 0 amide bonds. The number of aryl methyl sites for hydroxylation is 2. The maximum absolute atomic E-state index is 4.60. The van der Waals surface area contributed by atoms with Crippen LogP contribution in [0, 0.1) is 13.8 Å². The molecule has 0 heterocycles. The molecule has 1 aliphatic carbocycles. The Balaban J connectivity index is 1.86. The summed E-state index contributed by atoms with van der Waals surface area (Å²) in [5.74, 6) is 0. The van der Waals surface area contributed by atoms with Crippen molar-refractivity contribution in [1.29, 1.82) is 0 Å². The Hall–Kier alpha value is -2.15. The van der Waals surface area contributed by atoms with E-state index in [1.54, 1.807) is 0 Å². The molecular formula is C18H17N. The third-order valence-electron chi connectivity index (χ3n) is 3.71. The van der Waals surface area contributed by atoms with Gasteiger partial charge in [0.05, 0.1) is 5.69 Å². The molecule has 2 aromatic carbocycles. The monoisotopic (exact) mass is 247 g/mol. The Morgan fingerprint density at radius 2 is 1.84 bits per heavy atom. The van der Waals surface area contributed by atoms with E-state index in [0.717, 1.165) is 12.1 Å². The zero-order valence-electron chi connectivity index (χ0n) is 11.4. The Morgan fingerprint density at radius 3 is 2.68 bits per heavy atom. The number of fused-ring (bicyclic) bond motifs is 1. The lowest BCUT2D eigenvalue weighted by Crippen LogP contribution is -1.84. The minimum atomic E-state index is 1.02. The van der Waals surface area contributed by atoms with Crippen molar-refractivity contribution in [3.63, 3.8) is 0 Å². The third kappa shape index (κ3) is 2.37. The summed E-state index contributed by atoms with van der Waals surface area (Å²) in [4.78, 5) is 4.60. The molecule has 0 fully saturated rings. The van der Waals surface area contributed by atoms with E-state index in [4.69, 9.17) is 0 Å². The summed E-state index contributed by atoms with van der Waals surface area (Å²) in [5, 5.41) is 0. The van der Waals surface area contributed by atoms with Crippen molar-refractivity contribution in [2.45, 2.75) is 20.3 Å². The molecule has 2 aromatic rings. The van der Waals surface area contributed by atoms with Gasteiger partial charge >= 0.3 is 0 Å². The summed E-state index contributed by atoms with van der Waals surface area (Å²) in [6.45, 7) is 4.25. The van der Waals surface area contributed by atoms with Crippen LogP contribution >= 0.6 is 0 Å². The van der Waals surface area contributed by atoms with Gasteiger partial charge in [0.1, 0.15) is 0 Å². The molecule has 0 aromatic heterocycles. The fraction of sp³-hybridized carbons (Fsp3) is 0.167. The molecule has 19 heavy (non-hydrogen) atoms. The van der Waals surface area contributed by atoms with Gasteiger partial charge in [-0.25, -0.2) is 0 Å². The van der Waals surface area contributed by atoms with Crippen molar-refractivity contribution < 1.29 is 0 Å². The van der Waals surface area contributed by atoms with Gasteiger partial charge in [0.25, 0.3) is 0 Å². The van der Waals surface area contributed by atoms with E-state index in [1.165, 1.54) is 27.8 Å².